The number of phenolic OH excluding ortho intramolecular Hbond substituents is 1. The van der Waals surface area contributed by atoms with E-state index in [9.17, 15) is 29.1 Å². The summed E-state index contributed by atoms with van der Waals surface area (Å²) in [5.74, 6) is -0.899. The van der Waals surface area contributed by atoms with Gasteiger partial charge in [0.25, 0.3) is 11.8 Å². The fraction of sp³-hybridized carbons (Fsp3) is 0.346. The van der Waals surface area contributed by atoms with E-state index in [0.717, 1.165) is 36.1 Å². The molecule has 3 aliphatic carbocycles. The number of amides is 4. The van der Waals surface area contributed by atoms with Gasteiger partial charge in [-0.25, -0.2) is 0 Å². The van der Waals surface area contributed by atoms with E-state index in [1.54, 1.807) is 6.07 Å². The van der Waals surface area contributed by atoms with Crippen LogP contribution in [0, 0.1) is 11.8 Å². The van der Waals surface area contributed by atoms with Gasteiger partial charge >= 0.3 is 39.6 Å². The van der Waals surface area contributed by atoms with Crippen molar-refractivity contribution in [1.82, 2.24) is 0 Å². The molecule has 3 aliphatic rings. The molecule has 0 unspecified atom stereocenters. The number of Topliss-reactive ketones (excluding diaryl/α,β-unsaturated/α-hetero) is 1. The standard InChI is InChI=1S/C13H11BrN2O3S.C13H14N2O3S.2BrH.Cu/c14-9-7(17)4-3-6-8(11(15)18)13(20-10(6)9)16-12(19)5-1-2-5;14-11(17)10-8-4-3-7(16)5-9(8)19-13(10)15-12(18)6-1-2-6;;;/h3-5,17H,1-2H2,(H2,15,18)(H,16,19);6H,1-5H2,(H2,14,17)(H,15,18);2*1H;/q;;;;+2/p-2. The van der Waals surface area contributed by atoms with E-state index in [4.69, 9.17) is 11.5 Å². The van der Waals surface area contributed by atoms with Crippen molar-refractivity contribution in [3.63, 3.8) is 0 Å². The van der Waals surface area contributed by atoms with Crippen LogP contribution in [0.2, 0.25) is 0 Å². The van der Waals surface area contributed by atoms with E-state index in [1.807, 2.05) is 0 Å². The van der Waals surface area contributed by atoms with E-state index >= 15 is 0 Å². The predicted molar refractivity (Wildman–Crippen MR) is 170 cm³/mol. The Balaban J connectivity index is 0.000000177. The van der Waals surface area contributed by atoms with Crippen LogP contribution in [-0.2, 0) is 38.6 Å². The summed E-state index contributed by atoms with van der Waals surface area (Å²) < 4.78 is 1.18. The molecule has 0 saturated heterocycles. The number of thiophene rings is 2. The molecule has 1 aromatic carbocycles. The molecule has 0 radical (unpaired) electrons. The Morgan fingerprint density at radius 1 is 0.881 bits per heavy atom. The number of rotatable bonds is 6. The van der Waals surface area contributed by atoms with Crippen molar-refractivity contribution in [2.75, 3.05) is 10.6 Å². The van der Waals surface area contributed by atoms with Crippen molar-refractivity contribution in [1.29, 1.82) is 0 Å². The van der Waals surface area contributed by atoms with Crippen LogP contribution in [0.4, 0.5) is 10.0 Å². The summed E-state index contributed by atoms with van der Waals surface area (Å²) in [7, 11) is 0. The molecule has 6 rings (SSSR count). The second kappa shape index (κ2) is 14.3. The van der Waals surface area contributed by atoms with Crippen molar-refractivity contribution < 1.29 is 40.4 Å². The Labute approximate surface area is 277 Å². The van der Waals surface area contributed by atoms with Crippen LogP contribution in [0.3, 0.4) is 0 Å². The first-order chi connectivity index (χ1) is 20.0. The van der Waals surface area contributed by atoms with Gasteiger partial charge in [-0.05, 0) is 65.7 Å². The SMILES string of the molecule is NC(=O)c1c(NC(=O)C2CC2)sc2c(Br)c(O)ccc12.NC(=O)c1c(NC(=O)C2CC2)sc2c1CCC(=O)C2.[Br][Cu][Br]. The number of hydrogen-bond acceptors (Lipinski definition) is 8. The number of phenols is 1. The van der Waals surface area contributed by atoms with Crippen LogP contribution in [0.5, 0.6) is 5.75 Å². The molecule has 7 N–H and O–H groups in total. The first-order valence-corrected chi connectivity index (χ1v) is 19.7. The van der Waals surface area contributed by atoms with Crippen LogP contribution < -0.4 is 22.1 Å². The van der Waals surface area contributed by atoms with Gasteiger partial charge < -0.3 is 27.2 Å². The minimum absolute atomic E-state index is 0.0396. The van der Waals surface area contributed by atoms with Crippen LogP contribution >= 0.6 is 66.8 Å². The zero-order valence-corrected chi connectivity index (χ0v) is 29.0. The fourth-order valence-corrected chi connectivity index (χ4v) is 7.38. The van der Waals surface area contributed by atoms with Gasteiger partial charge in [-0.2, -0.15) is 0 Å². The topological polar surface area (TPSA) is 182 Å². The number of nitrogens with one attached hydrogen (secondary N) is 2. The Hall–Kier alpha value is -1.81. The molecule has 0 bridgehead atoms. The zero-order valence-electron chi connectivity index (χ0n) is 21.7. The third-order valence-corrected chi connectivity index (χ3v) is 10.1. The number of benzene rings is 1. The van der Waals surface area contributed by atoms with Crippen molar-refractivity contribution in [2.45, 2.75) is 44.9 Å². The number of fused-ring (bicyclic) bond motifs is 2. The fourth-order valence-electron chi connectivity index (χ4n) is 4.37. The quantitative estimate of drug-likeness (QED) is 0.197. The molecule has 42 heavy (non-hydrogen) atoms. The van der Waals surface area contributed by atoms with Crippen molar-refractivity contribution >= 4 is 116 Å². The molecule has 229 valence electrons. The average Bonchev–Trinajstić information content (AvgIpc) is 3.85. The number of primary amides is 2. The van der Waals surface area contributed by atoms with E-state index in [1.165, 1.54) is 40.1 Å². The van der Waals surface area contributed by atoms with Gasteiger partial charge in [0.1, 0.15) is 21.5 Å². The molecule has 0 atom stereocenters. The number of halogens is 3. The molecule has 0 spiro atoms. The monoisotopic (exact) mass is 853 g/mol. The Morgan fingerprint density at radius 3 is 1.90 bits per heavy atom. The molecule has 2 aromatic heterocycles. The maximum absolute atomic E-state index is 11.9. The zero-order chi connectivity index (χ0) is 30.7. The summed E-state index contributed by atoms with van der Waals surface area (Å²) in [6, 6.07) is 3.11. The minimum atomic E-state index is -0.597. The molecule has 2 fully saturated rings. The maximum atomic E-state index is 11.9. The van der Waals surface area contributed by atoms with Crippen LogP contribution in [0.15, 0.2) is 16.6 Å². The number of nitrogens with two attached hydrogens (primary N) is 2. The first-order valence-electron chi connectivity index (χ1n) is 12.6. The van der Waals surface area contributed by atoms with E-state index in [-0.39, 0.29) is 35.2 Å². The second-order valence-corrected chi connectivity index (χ2v) is 17.5. The van der Waals surface area contributed by atoms with Crippen molar-refractivity contribution in [3.8, 4) is 5.75 Å². The molecular formula is C26H25Br3CuN4O6S2. The van der Waals surface area contributed by atoms with Gasteiger partial charge in [-0.1, -0.05) is 0 Å². The summed E-state index contributed by atoms with van der Waals surface area (Å²) in [5.41, 5.74) is 12.4. The third-order valence-electron chi connectivity index (χ3n) is 6.74. The number of carbonyl (C=O) groups excluding carboxylic acids is 5. The third kappa shape index (κ3) is 7.82. The van der Waals surface area contributed by atoms with Gasteiger partial charge in [-0.15, -0.1) is 22.7 Å². The number of anilines is 2. The van der Waals surface area contributed by atoms with Gasteiger partial charge in [0.15, 0.2) is 0 Å². The Morgan fingerprint density at radius 2 is 1.40 bits per heavy atom. The number of hydrogen-bond donors (Lipinski definition) is 5. The average molecular weight is 857 g/mol. The van der Waals surface area contributed by atoms with Crippen LogP contribution in [0.1, 0.15) is 63.3 Å². The molecule has 0 aliphatic heterocycles. The van der Waals surface area contributed by atoms with E-state index in [0.29, 0.717) is 55.0 Å². The Kier molecular flexibility index (Phi) is 11.3. The van der Waals surface area contributed by atoms with E-state index < -0.39 is 11.8 Å². The predicted octanol–water partition coefficient (Wildman–Crippen LogP) is 5.76. The molecule has 10 nitrogen and oxygen atoms in total. The van der Waals surface area contributed by atoms with Crippen molar-refractivity contribution in [2.24, 2.45) is 23.3 Å². The number of ketones is 1. The second-order valence-electron chi connectivity index (χ2n) is 9.80. The summed E-state index contributed by atoms with van der Waals surface area (Å²) >= 11 is 13.2. The van der Waals surface area contributed by atoms with Crippen LogP contribution in [0.25, 0.3) is 10.1 Å². The number of carbonyl (C=O) groups is 5. The van der Waals surface area contributed by atoms with E-state index in [2.05, 4.69) is 54.8 Å². The number of aromatic hydroxyl groups is 1. The first kappa shape index (κ1) is 33.1. The Bertz CT molecular complexity index is 1590. The van der Waals surface area contributed by atoms with Gasteiger partial charge in [0.05, 0.1) is 20.3 Å². The normalized spacial score (nSPS) is 15.5. The summed E-state index contributed by atoms with van der Waals surface area (Å²) in [6.45, 7) is 0. The molecule has 2 heterocycles. The molecular weight excluding hydrogens is 832 g/mol. The van der Waals surface area contributed by atoms with Crippen LogP contribution in [-0.4, -0.2) is 34.5 Å². The van der Waals surface area contributed by atoms with Gasteiger partial charge in [0, 0.05) is 34.9 Å². The molecule has 3 aromatic rings. The summed E-state index contributed by atoms with van der Waals surface area (Å²) in [4.78, 5) is 59.3. The van der Waals surface area contributed by atoms with Gasteiger partial charge in [-0.3, -0.25) is 24.0 Å². The molecule has 16 heteroatoms. The summed E-state index contributed by atoms with van der Waals surface area (Å²) in [5, 5.41) is 16.8. The molecule has 2 saturated carbocycles. The van der Waals surface area contributed by atoms with Crippen molar-refractivity contribution in [3.05, 3.63) is 38.2 Å². The van der Waals surface area contributed by atoms with Gasteiger partial charge in [0.2, 0.25) is 11.8 Å². The molecule has 4 amide bonds. The summed E-state index contributed by atoms with van der Waals surface area (Å²) in [6.07, 6.45) is 4.91.